The third-order valence-electron chi connectivity index (χ3n) is 5.99. The summed E-state index contributed by atoms with van der Waals surface area (Å²) in [6.07, 6.45) is 0. The number of thiazole rings is 1. The highest BCUT2D eigenvalue weighted by molar-refractivity contribution is 8.01. The summed E-state index contributed by atoms with van der Waals surface area (Å²) in [5, 5.41) is 5.09. The number of rotatable bonds is 7. The number of hydrogen-bond donors (Lipinski definition) is 1. The van der Waals surface area contributed by atoms with Crippen molar-refractivity contribution < 1.29 is 9.59 Å². The van der Waals surface area contributed by atoms with Gasteiger partial charge in [0.2, 0.25) is 11.8 Å². The minimum atomic E-state index is -0.0131. The van der Waals surface area contributed by atoms with Gasteiger partial charge in [-0.2, -0.15) is 0 Å². The summed E-state index contributed by atoms with van der Waals surface area (Å²) in [4.78, 5) is 33.9. The molecule has 2 amide bonds. The fourth-order valence-electron chi connectivity index (χ4n) is 3.94. The average molecular weight is 495 g/mol. The number of aromatic nitrogens is 1. The van der Waals surface area contributed by atoms with Gasteiger partial charge < -0.3 is 10.2 Å². The second kappa shape index (κ2) is 11.2. The molecular formula is C26H30N4O2S2. The van der Waals surface area contributed by atoms with Crippen LogP contribution in [0.3, 0.4) is 0 Å². The van der Waals surface area contributed by atoms with Crippen LogP contribution in [0, 0.1) is 20.8 Å². The van der Waals surface area contributed by atoms with E-state index in [0.717, 1.165) is 32.4 Å². The summed E-state index contributed by atoms with van der Waals surface area (Å²) in [5.74, 6) is 0.492. The maximum absolute atomic E-state index is 12.7. The van der Waals surface area contributed by atoms with E-state index < -0.39 is 0 Å². The van der Waals surface area contributed by atoms with E-state index >= 15 is 0 Å². The standard InChI is InChI=1S/C26H30N4O2S2/c1-18-7-9-21(10-8-18)22-16-33-26(27-22)34-17-24(32)30-13-11-29(12-14-30)15-23(31)28-25-19(2)5-4-6-20(25)3/h4-10,16H,11-15,17H2,1-3H3,(H,28,31). The van der Waals surface area contributed by atoms with E-state index in [4.69, 9.17) is 0 Å². The number of aryl methyl sites for hydroxylation is 3. The van der Waals surface area contributed by atoms with Gasteiger partial charge in [0.1, 0.15) is 0 Å². The molecule has 2 heterocycles. The van der Waals surface area contributed by atoms with Crippen LogP contribution < -0.4 is 5.32 Å². The van der Waals surface area contributed by atoms with Gasteiger partial charge in [0.15, 0.2) is 4.34 Å². The van der Waals surface area contributed by atoms with Crippen LogP contribution in [-0.4, -0.2) is 65.1 Å². The van der Waals surface area contributed by atoms with Crippen LogP contribution in [0.15, 0.2) is 52.2 Å². The van der Waals surface area contributed by atoms with Crippen molar-refractivity contribution in [1.82, 2.24) is 14.8 Å². The number of piperazine rings is 1. The monoisotopic (exact) mass is 494 g/mol. The molecular weight excluding hydrogens is 464 g/mol. The van der Waals surface area contributed by atoms with Crippen LogP contribution in [0.4, 0.5) is 5.69 Å². The molecule has 4 rings (SSSR count). The van der Waals surface area contributed by atoms with E-state index in [0.29, 0.717) is 38.5 Å². The van der Waals surface area contributed by atoms with Crippen LogP contribution in [0.5, 0.6) is 0 Å². The number of benzene rings is 2. The number of nitrogens with one attached hydrogen (secondary N) is 1. The van der Waals surface area contributed by atoms with Crippen molar-refractivity contribution in [2.75, 3.05) is 43.8 Å². The van der Waals surface area contributed by atoms with Gasteiger partial charge in [0, 0.05) is 42.8 Å². The molecule has 1 aromatic heterocycles. The lowest BCUT2D eigenvalue weighted by Gasteiger charge is -2.34. The predicted molar refractivity (Wildman–Crippen MR) is 141 cm³/mol. The molecule has 2 aromatic carbocycles. The fourth-order valence-corrected chi connectivity index (χ4v) is 5.68. The van der Waals surface area contributed by atoms with Gasteiger partial charge in [0.05, 0.1) is 18.0 Å². The topological polar surface area (TPSA) is 65.5 Å². The Morgan fingerprint density at radius 2 is 1.68 bits per heavy atom. The van der Waals surface area contributed by atoms with Crippen molar-refractivity contribution in [2.45, 2.75) is 25.1 Å². The second-order valence-corrected chi connectivity index (χ2v) is 10.7. The normalized spacial score (nSPS) is 14.3. The molecule has 0 spiro atoms. The molecule has 1 N–H and O–H groups in total. The van der Waals surface area contributed by atoms with Crippen LogP contribution in [0.2, 0.25) is 0 Å². The van der Waals surface area contributed by atoms with Gasteiger partial charge in [-0.05, 0) is 31.9 Å². The largest absolute Gasteiger partial charge is 0.339 e. The fraction of sp³-hybridized carbons (Fsp3) is 0.346. The van der Waals surface area contributed by atoms with Crippen LogP contribution in [0.1, 0.15) is 16.7 Å². The minimum absolute atomic E-state index is 0.0131. The Labute approximate surface area is 209 Å². The van der Waals surface area contributed by atoms with Gasteiger partial charge in [-0.1, -0.05) is 59.8 Å². The quantitative estimate of drug-likeness (QED) is 0.486. The van der Waals surface area contributed by atoms with Crippen LogP contribution in [-0.2, 0) is 9.59 Å². The first-order chi connectivity index (χ1) is 16.4. The Bertz CT molecular complexity index is 1130. The van der Waals surface area contributed by atoms with Crippen molar-refractivity contribution in [3.05, 3.63) is 64.5 Å². The molecule has 6 nitrogen and oxygen atoms in total. The number of nitrogens with zero attached hydrogens (tertiary/aromatic N) is 3. The van der Waals surface area contributed by atoms with Gasteiger partial charge in [-0.15, -0.1) is 11.3 Å². The van der Waals surface area contributed by atoms with Crippen molar-refractivity contribution >= 4 is 40.6 Å². The zero-order chi connectivity index (χ0) is 24.1. The summed E-state index contributed by atoms with van der Waals surface area (Å²) in [6.45, 7) is 9.09. The molecule has 1 aliphatic heterocycles. The maximum atomic E-state index is 12.7. The first kappa shape index (κ1) is 24.4. The Morgan fingerprint density at radius 1 is 1.00 bits per heavy atom. The van der Waals surface area contributed by atoms with Crippen molar-refractivity contribution in [1.29, 1.82) is 0 Å². The number of carbonyl (C=O) groups is 2. The van der Waals surface area contributed by atoms with Crippen molar-refractivity contribution in [3.8, 4) is 11.3 Å². The molecule has 0 bridgehead atoms. The highest BCUT2D eigenvalue weighted by Gasteiger charge is 2.23. The Balaban J connectivity index is 1.21. The van der Waals surface area contributed by atoms with E-state index in [1.807, 2.05) is 42.3 Å². The van der Waals surface area contributed by atoms with Crippen LogP contribution >= 0.6 is 23.1 Å². The smallest absolute Gasteiger partial charge is 0.238 e. The lowest BCUT2D eigenvalue weighted by molar-refractivity contribution is -0.130. The second-order valence-electron chi connectivity index (χ2n) is 8.63. The lowest BCUT2D eigenvalue weighted by Crippen LogP contribution is -2.50. The molecule has 178 valence electrons. The Hall–Kier alpha value is -2.68. The third-order valence-corrected chi connectivity index (χ3v) is 7.99. The van der Waals surface area contributed by atoms with Gasteiger partial charge >= 0.3 is 0 Å². The number of thioether (sulfide) groups is 1. The number of hydrogen-bond acceptors (Lipinski definition) is 6. The van der Waals surface area contributed by atoms with E-state index in [1.165, 1.54) is 17.3 Å². The Morgan fingerprint density at radius 3 is 2.35 bits per heavy atom. The van der Waals surface area contributed by atoms with Crippen molar-refractivity contribution in [2.24, 2.45) is 0 Å². The molecule has 3 aromatic rings. The minimum Gasteiger partial charge on any atom is -0.339 e. The summed E-state index contributed by atoms with van der Waals surface area (Å²) >= 11 is 3.07. The first-order valence-corrected chi connectivity index (χ1v) is 13.3. The summed E-state index contributed by atoms with van der Waals surface area (Å²) in [6, 6.07) is 14.3. The molecule has 0 aliphatic carbocycles. The zero-order valence-corrected chi connectivity index (χ0v) is 21.5. The lowest BCUT2D eigenvalue weighted by atomic mass is 10.1. The SMILES string of the molecule is Cc1ccc(-c2csc(SCC(=O)N3CCN(CC(=O)Nc4c(C)cccc4C)CC3)n2)cc1. The van der Waals surface area contributed by atoms with E-state index in [2.05, 4.69) is 46.4 Å². The third kappa shape index (κ3) is 6.25. The van der Waals surface area contributed by atoms with Crippen LogP contribution in [0.25, 0.3) is 11.3 Å². The molecule has 8 heteroatoms. The molecule has 0 radical (unpaired) electrons. The summed E-state index contributed by atoms with van der Waals surface area (Å²) in [5.41, 5.74) is 6.29. The molecule has 1 aliphatic rings. The average Bonchev–Trinajstić information content (AvgIpc) is 3.30. The zero-order valence-electron chi connectivity index (χ0n) is 19.8. The van der Waals surface area contributed by atoms with Gasteiger partial charge in [-0.3, -0.25) is 14.5 Å². The van der Waals surface area contributed by atoms with E-state index in [1.54, 1.807) is 11.3 Å². The number of anilines is 1. The van der Waals surface area contributed by atoms with Crippen molar-refractivity contribution in [3.63, 3.8) is 0 Å². The van der Waals surface area contributed by atoms with Gasteiger partial charge in [0.25, 0.3) is 0 Å². The number of amides is 2. The summed E-state index contributed by atoms with van der Waals surface area (Å²) in [7, 11) is 0. The number of carbonyl (C=O) groups excluding carboxylic acids is 2. The molecule has 0 saturated carbocycles. The highest BCUT2D eigenvalue weighted by Crippen LogP contribution is 2.28. The highest BCUT2D eigenvalue weighted by atomic mass is 32.2. The summed E-state index contributed by atoms with van der Waals surface area (Å²) < 4.78 is 0.908. The molecule has 0 unspecified atom stereocenters. The molecule has 1 fully saturated rings. The maximum Gasteiger partial charge on any atom is 0.238 e. The molecule has 34 heavy (non-hydrogen) atoms. The van der Waals surface area contributed by atoms with E-state index in [9.17, 15) is 9.59 Å². The number of para-hydroxylation sites is 1. The first-order valence-electron chi connectivity index (χ1n) is 11.4. The molecule has 1 saturated heterocycles. The Kier molecular flexibility index (Phi) is 8.03. The predicted octanol–water partition coefficient (Wildman–Crippen LogP) is 4.61. The van der Waals surface area contributed by atoms with Gasteiger partial charge in [-0.25, -0.2) is 4.98 Å². The molecule has 0 atom stereocenters. The van der Waals surface area contributed by atoms with E-state index in [-0.39, 0.29) is 11.8 Å².